The molecule has 0 spiro atoms. The van der Waals surface area contributed by atoms with E-state index in [9.17, 15) is 26.8 Å². The number of hydrogen-bond donors (Lipinski definition) is 2. The van der Waals surface area contributed by atoms with Gasteiger partial charge in [-0.15, -0.1) is 0 Å². The zero-order valence-corrected chi connectivity index (χ0v) is 19.2. The van der Waals surface area contributed by atoms with Crippen molar-refractivity contribution >= 4 is 27.5 Å². The second-order valence-electron chi connectivity index (χ2n) is 8.17. The highest BCUT2D eigenvalue weighted by molar-refractivity contribution is 7.92. The number of sulfone groups is 1. The first kappa shape index (κ1) is 24.3. The molecule has 182 valence electrons. The van der Waals surface area contributed by atoms with Crippen LogP contribution in [0.1, 0.15) is 35.7 Å². The first-order valence-electron chi connectivity index (χ1n) is 10.5. The van der Waals surface area contributed by atoms with Gasteiger partial charge in [-0.1, -0.05) is 12.1 Å². The third-order valence-electron chi connectivity index (χ3n) is 5.59. The number of anilines is 1. The van der Waals surface area contributed by atoms with E-state index in [-0.39, 0.29) is 21.8 Å². The zero-order valence-electron chi connectivity index (χ0n) is 18.4. The molecule has 0 radical (unpaired) electrons. The van der Waals surface area contributed by atoms with Crippen LogP contribution in [0.2, 0.25) is 0 Å². The number of carboxylic acids is 1. The number of halogens is 2. The van der Waals surface area contributed by atoms with Crippen molar-refractivity contribution in [1.29, 1.82) is 0 Å². The Morgan fingerprint density at radius 2 is 1.77 bits per heavy atom. The van der Waals surface area contributed by atoms with Crippen molar-refractivity contribution in [1.82, 2.24) is 4.98 Å². The van der Waals surface area contributed by atoms with Crippen LogP contribution in [0.5, 0.6) is 5.75 Å². The number of benzene rings is 2. The molecule has 2 N–H and O–H groups in total. The molecule has 2 aromatic carbocycles. The van der Waals surface area contributed by atoms with Crippen LogP contribution in [0.15, 0.2) is 65.7 Å². The molecule has 1 unspecified atom stereocenters. The van der Waals surface area contributed by atoms with Crippen LogP contribution >= 0.6 is 0 Å². The van der Waals surface area contributed by atoms with Gasteiger partial charge in [-0.2, -0.15) is 0 Å². The maximum absolute atomic E-state index is 14.4. The fourth-order valence-corrected chi connectivity index (χ4v) is 5.03. The Hall–Kier alpha value is -3.86. The van der Waals surface area contributed by atoms with E-state index in [0.717, 1.165) is 18.3 Å². The number of amides is 1. The van der Waals surface area contributed by atoms with Crippen LogP contribution in [0.4, 0.5) is 14.6 Å². The number of carboxylic acid groups (broad SMARTS) is 1. The van der Waals surface area contributed by atoms with Gasteiger partial charge in [-0.25, -0.2) is 27.0 Å². The molecule has 1 aromatic heterocycles. The largest absolute Gasteiger partial charge is 0.478 e. The fraction of sp³-hybridized carbons (Fsp3) is 0.208. The summed E-state index contributed by atoms with van der Waals surface area (Å²) in [7, 11) is -3.48. The summed E-state index contributed by atoms with van der Waals surface area (Å²) < 4.78 is 58.5. The van der Waals surface area contributed by atoms with Gasteiger partial charge in [0.25, 0.3) is 5.91 Å². The zero-order chi connectivity index (χ0) is 25.4. The van der Waals surface area contributed by atoms with Crippen molar-refractivity contribution < 1.29 is 36.6 Å². The van der Waals surface area contributed by atoms with Crippen molar-refractivity contribution in [3.63, 3.8) is 0 Å². The quantitative estimate of drug-likeness (QED) is 0.479. The van der Waals surface area contributed by atoms with Crippen LogP contribution in [0.25, 0.3) is 0 Å². The number of carbonyl (C=O) groups is 2. The number of carbonyl (C=O) groups excluding carboxylic acids is 1. The van der Waals surface area contributed by atoms with E-state index >= 15 is 0 Å². The summed E-state index contributed by atoms with van der Waals surface area (Å²) in [6.45, 7) is 1.33. The Labute approximate surface area is 199 Å². The minimum Gasteiger partial charge on any atom is -0.478 e. The standard InChI is InChI=1S/C24H20F2N2O6S/c1-24(34-20-10-5-16(25)12-19(20)26,23(31)28-21-11-2-14(13-27-21)22(29)30)15-3-6-17(7-4-15)35(32,33)18-8-9-18/h2-7,10-13,18H,8-9H2,1H3,(H,29,30)(H,27,28,31). The van der Waals surface area contributed by atoms with Crippen LogP contribution in [0.3, 0.4) is 0 Å². The molecule has 11 heteroatoms. The molecule has 1 aliphatic rings. The topological polar surface area (TPSA) is 123 Å². The van der Waals surface area contributed by atoms with Gasteiger partial charge in [0.15, 0.2) is 21.4 Å². The smallest absolute Gasteiger partial charge is 0.337 e. The maximum Gasteiger partial charge on any atom is 0.337 e. The third-order valence-corrected chi connectivity index (χ3v) is 7.87. The third kappa shape index (κ3) is 4.99. The van der Waals surface area contributed by atoms with Crippen molar-refractivity contribution in [2.45, 2.75) is 35.5 Å². The van der Waals surface area contributed by atoms with E-state index in [1.165, 1.54) is 43.3 Å². The predicted octanol–water partition coefficient (Wildman–Crippen LogP) is 3.93. The van der Waals surface area contributed by atoms with Crippen molar-refractivity contribution in [2.75, 3.05) is 5.32 Å². The second kappa shape index (κ2) is 9.06. The Morgan fingerprint density at radius 1 is 1.09 bits per heavy atom. The maximum atomic E-state index is 14.4. The van der Waals surface area contributed by atoms with Crippen LogP contribution in [0, 0.1) is 11.6 Å². The molecule has 1 heterocycles. The van der Waals surface area contributed by atoms with Crippen molar-refractivity contribution in [2.24, 2.45) is 0 Å². The molecule has 3 aromatic rings. The van der Waals surface area contributed by atoms with E-state index in [0.29, 0.717) is 18.9 Å². The molecule has 4 rings (SSSR count). The van der Waals surface area contributed by atoms with Gasteiger partial charge < -0.3 is 15.2 Å². The number of pyridine rings is 1. The molecule has 1 fully saturated rings. The number of hydrogen-bond acceptors (Lipinski definition) is 6. The number of rotatable bonds is 8. The number of ether oxygens (including phenoxy) is 1. The number of nitrogens with one attached hydrogen (secondary N) is 1. The molecule has 0 saturated heterocycles. The van der Waals surface area contributed by atoms with Gasteiger partial charge in [0, 0.05) is 17.8 Å². The van der Waals surface area contributed by atoms with Gasteiger partial charge in [-0.3, -0.25) is 4.79 Å². The van der Waals surface area contributed by atoms with E-state index in [1.807, 2.05) is 0 Å². The van der Waals surface area contributed by atoms with Gasteiger partial charge in [0.1, 0.15) is 11.6 Å². The highest BCUT2D eigenvalue weighted by Crippen LogP contribution is 2.36. The molecule has 1 aliphatic carbocycles. The normalized spacial score (nSPS) is 15.2. The Morgan fingerprint density at radius 3 is 2.31 bits per heavy atom. The second-order valence-corrected chi connectivity index (χ2v) is 10.4. The Bertz CT molecular complexity index is 1390. The molecule has 1 amide bonds. The Kier molecular flexibility index (Phi) is 6.28. The minimum absolute atomic E-state index is 0.00216. The summed E-state index contributed by atoms with van der Waals surface area (Å²) in [6, 6.07) is 10.6. The van der Waals surface area contributed by atoms with Crippen LogP contribution < -0.4 is 10.1 Å². The summed E-state index contributed by atoms with van der Waals surface area (Å²) in [5.41, 5.74) is -1.81. The lowest BCUT2D eigenvalue weighted by Gasteiger charge is -2.30. The van der Waals surface area contributed by atoms with E-state index in [4.69, 9.17) is 9.84 Å². The van der Waals surface area contributed by atoms with Crippen molar-refractivity contribution in [3.8, 4) is 5.75 Å². The first-order chi connectivity index (χ1) is 16.5. The summed E-state index contributed by atoms with van der Waals surface area (Å²) in [4.78, 5) is 28.3. The van der Waals surface area contributed by atoms with Crippen molar-refractivity contribution in [3.05, 3.63) is 83.6 Å². The molecule has 0 aliphatic heterocycles. The SMILES string of the molecule is CC(Oc1ccc(F)cc1F)(C(=O)Nc1ccc(C(=O)O)cn1)c1ccc(S(=O)(=O)C2CC2)cc1. The van der Waals surface area contributed by atoms with Crippen LogP contribution in [-0.4, -0.2) is 35.6 Å². The summed E-state index contributed by atoms with van der Waals surface area (Å²) >= 11 is 0. The summed E-state index contributed by atoms with van der Waals surface area (Å²) in [6.07, 6.45) is 2.23. The molecule has 1 saturated carbocycles. The number of nitrogens with zero attached hydrogens (tertiary/aromatic N) is 1. The number of aromatic carboxylic acids is 1. The number of aromatic nitrogens is 1. The average molecular weight is 502 g/mol. The predicted molar refractivity (Wildman–Crippen MR) is 121 cm³/mol. The monoisotopic (exact) mass is 502 g/mol. The van der Waals surface area contributed by atoms with Crippen LogP contribution in [-0.2, 0) is 20.2 Å². The first-order valence-corrected chi connectivity index (χ1v) is 12.0. The highest BCUT2D eigenvalue weighted by Gasteiger charge is 2.40. The molecule has 35 heavy (non-hydrogen) atoms. The van der Waals surface area contributed by atoms with E-state index in [1.54, 1.807) is 0 Å². The summed E-state index contributed by atoms with van der Waals surface area (Å²) in [5.74, 6) is -4.29. The lowest BCUT2D eigenvalue weighted by atomic mass is 9.94. The van der Waals surface area contributed by atoms with E-state index in [2.05, 4.69) is 10.3 Å². The molecule has 0 bridgehead atoms. The minimum atomic E-state index is -3.48. The lowest BCUT2D eigenvalue weighted by molar-refractivity contribution is -0.130. The van der Waals surface area contributed by atoms with Gasteiger partial charge in [0.2, 0.25) is 5.60 Å². The summed E-state index contributed by atoms with van der Waals surface area (Å²) in [5, 5.41) is 11.1. The molecular formula is C24H20F2N2O6S. The average Bonchev–Trinajstić information content (AvgIpc) is 3.67. The van der Waals surface area contributed by atoms with Gasteiger partial charge >= 0.3 is 5.97 Å². The van der Waals surface area contributed by atoms with Gasteiger partial charge in [0.05, 0.1) is 15.7 Å². The molecule has 8 nitrogen and oxygen atoms in total. The fourth-order valence-electron chi connectivity index (χ4n) is 3.38. The molecule has 1 atom stereocenters. The highest BCUT2D eigenvalue weighted by atomic mass is 32.2. The Balaban J connectivity index is 1.69. The lowest BCUT2D eigenvalue weighted by Crippen LogP contribution is -2.43. The van der Waals surface area contributed by atoms with E-state index < -0.39 is 49.9 Å². The molecular weight excluding hydrogens is 482 g/mol. The van der Waals surface area contributed by atoms with Gasteiger partial charge in [-0.05, 0) is 56.2 Å².